The number of carbonyl (C=O) groups excluding carboxylic acids is 2. The number of hydrogen-bond donors (Lipinski definition) is 4. The van der Waals surface area contributed by atoms with Crippen molar-refractivity contribution in [3.05, 3.63) is 85.0 Å². The molecule has 0 aromatic heterocycles. The molecule has 0 aliphatic rings. The molecule has 0 radical (unpaired) electrons. The number of rotatable bonds is 6. The number of nitrogens with one attached hydrogen (secondary N) is 2. The summed E-state index contributed by atoms with van der Waals surface area (Å²) in [4.78, 5) is 74.5. The van der Waals surface area contributed by atoms with Crippen molar-refractivity contribution in [3.8, 4) is 11.5 Å². The SMILES string of the molecule is COC(=O)NN.COC(=O)NN.O=[N+]([O-])c1cc([N+](=O)[O-])c([O-])c([N+](=O)[O-])c1.O=[N+]([O-])c1cc([N+](=O)[O-])c([O-])c([N+](=O)[O-])c1.[Ni+2].[OH3+].[OH3+]. The Kier molecular flexibility index (Phi) is 25.2. The molecule has 0 atom stereocenters. The number of non-ortho nitro benzene ring substituents is 2. The molecule has 2 rings (SSSR count). The van der Waals surface area contributed by atoms with Crippen molar-refractivity contribution in [3.63, 3.8) is 0 Å². The molecule has 0 spiro atoms. The van der Waals surface area contributed by atoms with Crippen molar-refractivity contribution in [2.75, 3.05) is 14.2 Å². The Bertz CT molecular complexity index is 1270. The van der Waals surface area contributed by atoms with E-state index in [1.54, 1.807) is 10.9 Å². The van der Waals surface area contributed by atoms with Gasteiger partial charge in [-0.2, -0.15) is 0 Å². The zero-order chi connectivity index (χ0) is 34.9. The van der Waals surface area contributed by atoms with Gasteiger partial charge in [-0.1, -0.05) is 0 Å². The summed E-state index contributed by atoms with van der Waals surface area (Å²) < 4.78 is 8.05. The van der Waals surface area contributed by atoms with E-state index >= 15 is 0 Å². The summed E-state index contributed by atoms with van der Waals surface area (Å²) in [6.45, 7) is 0. The Labute approximate surface area is 266 Å². The second-order valence-corrected chi connectivity index (χ2v) is 6.44. The molecule has 0 heterocycles. The average molecular weight is 733 g/mol. The number of nitrogens with zero attached hydrogens (tertiary/aromatic N) is 6. The minimum Gasteiger partial charge on any atom is -0.863 e. The van der Waals surface area contributed by atoms with E-state index in [1.165, 1.54) is 14.2 Å². The molecule has 0 aliphatic carbocycles. The van der Waals surface area contributed by atoms with Gasteiger partial charge in [0.05, 0.1) is 79.5 Å². The second kappa shape index (κ2) is 23.7. The van der Waals surface area contributed by atoms with Crippen molar-refractivity contribution in [2.45, 2.75) is 0 Å². The number of hydrazine groups is 2. The van der Waals surface area contributed by atoms with Crippen LogP contribution in [0.15, 0.2) is 24.3 Å². The minimum atomic E-state index is -1.46. The number of benzene rings is 2. The van der Waals surface area contributed by atoms with Crippen molar-refractivity contribution >= 4 is 46.3 Å². The Hall–Kier alpha value is -6.69. The van der Waals surface area contributed by atoms with Crippen LogP contribution in [0.4, 0.5) is 43.7 Å². The summed E-state index contributed by atoms with van der Waals surface area (Å²) in [7, 11) is 2.48. The monoisotopic (exact) mass is 732 g/mol. The number of hydrogen-bond acceptors (Lipinski definition) is 20. The molecule has 2 aromatic carbocycles. The van der Waals surface area contributed by atoms with E-state index in [-0.39, 0.29) is 27.4 Å². The molecule has 30 nitrogen and oxygen atoms in total. The number of carbonyl (C=O) groups is 2. The van der Waals surface area contributed by atoms with Crippen LogP contribution in [0.5, 0.6) is 11.5 Å². The van der Waals surface area contributed by atoms with Crippen molar-refractivity contribution in [2.24, 2.45) is 11.7 Å². The molecule has 0 fully saturated rings. The first-order valence-corrected chi connectivity index (χ1v) is 9.96. The van der Waals surface area contributed by atoms with Crippen molar-refractivity contribution < 1.29 is 86.3 Å². The molecule has 0 saturated carbocycles. The first kappa shape index (κ1) is 50.0. The van der Waals surface area contributed by atoms with Gasteiger partial charge in [0, 0.05) is 0 Å². The summed E-state index contributed by atoms with van der Waals surface area (Å²) in [5.41, 5.74) is -3.02. The molecular weight excluding hydrogens is 711 g/mol. The molecule has 47 heavy (non-hydrogen) atoms. The van der Waals surface area contributed by atoms with Gasteiger partial charge in [0.15, 0.2) is 0 Å². The zero-order valence-corrected chi connectivity index (χ0v) is 24.0. The maximum atomic E-state index is 11.1. The molecule has 0 aliphatic heterocycles. The van der Waals surface area contributed by atoms with Gasteiger partial charge in [-0.3, -0.25) is 71.5 Å². The molecule has 0 saturated heterocycles. The van der Waals surface area contributed by atoms with Crippen LogP contribution in [-0.4, -0.2) is 55.9 Å². The maximum absolute atomic E-state index is 11.1. The van der Waals surface area contributed by atoms with Crippen LogP contribution in [0.3, 0.4) is 0 Å². The van der Waals surface area contributed by atoms with E-state index in [4.69, 9.17) is 0 Å². The fraction of sp³-hybridized carbons (Fsp3) is 0.125. The second-order valence-electron chi connectivity index (χ2n) is 6.44. The summed E-state index contributed by atoms with van der Waals surface area (Å²) in [5, 5.41) is 84.2. The van der Waals surface area contributed by atoms with E-state index in [0.717, 1.165) is 0 Å². The quantitative estimate of drug-likeness (QED) is 0.0598. The average Bonchev–Trinajstić information content (AvgIpc) is 2.96. The van der Waals surface area contributed by atoms with Crippen LogP contribution in [0.1, 0.15) is 0 Å². The normalized spacial score (nSPS) is 8.43. The Morgan fingerprint density at radius 3 is 0.830 bits per heavy atom. The molecule has 31 heteroatoms. The number of nitrogens with two attached hydrogens (primary N) is 2. The van der Waals surface area contributed by atoms with Gasteiger partial charge in [-0.25, -0.2) is 21.3 Å². The summed E-state index contributed by atoms with van der Waals surface area (Å²) in [6, 6.07) is 1.54. The van der Waals surface area contributed by atoms with Gasteiger partial charge in [-0.15, -0.1) is 0 Å². The van der Waals surface area contributed by atoms with E-state index in [1.807, 2.05) is 0 Å². The molecule has 2 aromatic rings. The van der Waals surface area contributed by atoms with Gasteiger partial charge >= 0.3 is 28.7 Å². The third kappa shape index (κ3) is 16.7. The third-order valence-electron chi connectivity index (χ3n) is 3.88. The van der Waals surface area contributed by atoms with Crippen LogP contribution in [0.25, 0.3) is 0 Å². The third-order valence-corrected chi connectivity index (χ3v) is 3.88. The first-order valence-electron chi connectivity index (χ1n) is 9.96. The molecule has 0 unspecified atom stereocenters. The number of methoxy groups -OCH3 is 2. The standard InChI is InChI=1S/2C6H3N3O7.2C2H6N2O2.Ni.2H2O/c2*10-6-4(8(13)14)1-3(7(11)12)2-5(6)9(15)16;2*1-6-2(5)4-3;;;/h2*1-2,10H;2*3H2,1H3,(H,4,5);;2*1H2/q;;;;+2;;. The minimum absolute atomic E-state index is 0. The maximum Gasteiger partial charge on any atom is 2.00 e. The Balaban J connectivity index is -0.000000179. The zero-order valence-electron chi connectivity index (χ0n) is 23.0. The Morgan fingerprint density at radius 2 is 0.745 bits per heavy atom. The number of ether oxygens (including phenoxy) is 2. The van der Waals surface area contributed by atoms with Gasteiger partial charge in [0.2, 0.25) is 0 Å². The molecule has 0 bridgehead atoms. The summed E-state index contributed by atoms with van der Waals surface area (Å²) in [6.07, 6.45) is -1.26. The molecular formula is C16H22N10NiO20+2. The van der Waals surface area contributed by atoms with E-state index < -0.39 is 87.3 Å². The molecule has 264 valence electrons. The van der Waals surface area contributed by atoms with Crippen LogP contribution in [-0.2, 0) is 36.9 Å². The predicted octanol–water partition coefficient (Wildman–Crippen LogP) is -2.44. The largest absolute Gasteiger partial charge is 2.00 e. The van der Waals surface area contributed by atoms with E-state index in [2.05, 4.69) is 21.2 Å². The fourth-order valence-corrected chi connectivity index (χ4v) is 2.04. The number of nitro groups is 6. The van der Waals surface area contributed by atoms with Gasteiger partial charge in [0.25, 0.3) is 34.1 Å². The van der Waals surface area contributed by atoms with Gasteiger partial charge in [0.1, 0.15) is 0 Å². The number of amides is 2. The first-order chi connectivity index (χ1) is 20.3. The molecule has 2 amide bonds. The summed E-state index contributed by atoms with van der Waals surface area (Å²) in [5.74, 6) is 6.20. The van der Waals surface area contributed by atoms with Crippen molar-refractivity contribution in [1.29, 1.82) is 0 Å². The Morgan fingerprint density at radius 1 is 0.553 bits per heavy atom. The van der Waals surface area contributed by atoms with Gasteiger partial charge in [-0.05, 0) is 0 Å². The van der Waals surface area contributed by atoms with E-state index in [0.29, 0.717) is 24.3 Å². The topological polar surface area (TPSA) is 500 Å². The predicted molar refractivity (Wildman–Crippen MR) is 141 cm³/mol. The van der Waals surface area contributed by atoms with E-state index in [9.17, 15) is 80.5 Å². The van der Waals surface area contributed by atoms with Gasteiger partial charge < -0.3 is 30.6 Å². The van der Waals surface area contributed by atoms with Crippen molar-refractivity contribution in [1.82, 2.24) is 10.9 Å². The van der Waals surface area contributed by atoms with Crippen LogP contribution < -0.4 is 32.7 Å². The van der Waals surface area contributed by atoms with Crippen LogP contribution in [0.2, 0.25) is 0 Å². The number of nitro benzene ring substituents is 6. The van der Waals surface area contributed by atoms with Crippen LogP contribution in [0, 0.1) is 60.7 Å². The van der Waals surface area contributed by atoms with Crippen LogP contribution >= 0.6 is 0 Å². The smallest absolute Gasteiger partial charge is 0.863 e. The molecule has 12 N–H and O–H groups in total. The summed E-state index contributed by atoms with van der Waals surface area (Å²) >= 11 is 0. The fourth-order valence-electron chi connectivity index (χ4n) is 2.04.